The Morgan fingerprint density at radius 2 is 1.95 bits per heavy atom. The van der Waals surface area contributed by atoms with Crippen LogP contribution in [0.3, 0.4) is 0 Å². The largest absolute Gasteiger partial charge is 0.489 e. The second kappa shape index (κ2) is 6.83. The first-order valence-corrected chi connectivity index (χ1v) is 7.72. The van der Waals surface area contributed by atoms with E-state index in [-0.39, 0.29) is 12.1 Å². The third-order valence-electron chi connectivity index (χ3n) is 3.46. The van der Waals surface area contributed by atoms with Crippen molar-refractivity contribution < 1.29 is 4.74 Å². The Kier molecular flexibility index (Phi) is 5.37. The molecule has 2 N–H and O–H groups in total. The summed E-state index contributed by atoms with van der Waals surface area (Å²) in [5.74, 6) is 0.773. The van der Waals surface area contributed by atoms with Gasteiger partial charge in [0.05, 0.1) is 11.1 Å². The Labute approximate surface area is 125 Å². The van der Waals surface area contributed by atoms with Crippen molar-refractivity contribution in [2.75, 3.05) is 0 Å². The van der Waals surface area contributed by atoms with E-state index in [1.54, 1.807) is 6.07 Å². The third kappa shape index (κ3) is 4.27. The van der Waals surface area contributed by atoms with Crippen LogP contribution in [0.1, 0.15) is 44.6 Å². The molecule has 1 aliphatic carbocycles. The Morgan fingerprint density at radius 3 is 2.58 bits per heavy atom. The lowest BCUT2D eigenvalue weighted by atomic mass is 9.97. The van der Waals surface area contributed by atoms with E-state index in [9.17, 15) is 0 Å². The predicted molar refractivity (Wildman–Crippen MR) is 81.3 cm³/mol. The lowest BCUT2D eigenvalue weighted by Crippen LogP contribution is -2.22. The van der Waals surface area contributed by atoms with Crippen molar-refractivity contribution in [1.82, 2.24) is 0 Å². The molecule has 2 rings (SSSR count). The van der Waals surface area contributed by atoms with Crippen LogP contribution in [0.4, 0.5) is 0 Å². The molecule has 1 aliphatic rings. The van der Waals surface area contributed by atoms with Crippen LogP contribution in [0.2, 0.25) is 10.0 Å². The summed E-state index contributed by atoms with van der Waals surface area (Å²) in [5.41, 5.74) is 6.90. The molecule has 0 aliphatic heterocycles. The quantitative estimate of drug-likeness (QED) is 0.882. The molecule has 19 heavy (non-hydrogen) atoms. The fourth-order valence-corrected chi connectivity index (χ4v) is 3.17. The summed E-state index contributed by atoms with van der Waals surface area (Å²) in [6.07, 6.45) is 6.99. The highest BCUT2D eigenvalue weighted by atomic mass is 35.5. The van der Waals surface area contributed by atoms with Gasteiger partial charge in [0.2, 0.25) is 0 Å². The smallest absolute Gasteiger partial charge is 0.141 e. The van der Waals surface area contributed by atoms with E-state index in [1.807, 2.05) is 13.0 Å². The maximum Gasteiger partial charge on any atom is 0.141 e. The molecule has 1 atom stereocenters. The lowest BCUT2D eigenvalue weighted by Gasteiger charge is -2.25. The molecule has 1 unspecified atom stereocenters. The van der Waals surface area contributed by atoms with Crippen LogP contribution in [0.25, 0.3) is 0 Å². The number of hydrogen-bond donors (Lipinski definition) is 1. The van der Waals surface area contributed by atoms with E-state index in [1.165, 1.54) is 19.3 Å². The molecule has 2 nitrogen and oxygen atoms in total. The topological polar surface area (TPSA) is 35.2 Å². The summed E-state index contributed by atoms with van der Waals surface area (Å²) in [4.78, 5) is 0. The van der Waals surface area contributed by atoms with Gasteiger partial charge in [0, 0.05) is 11.1 Å². The summed E-state index contributed by atoms with van der Waals surface area (Å²) in [5, 5.41) is 1.23. The molecular weight excluding hydrogens is 281 g/mol. The van der Waals surface area contributed by atoms with Gasteiger partial charge in [-0.2, -0.15) is 0 Å². The standard InChI is InChI=1S/C15H21Cl2NO/c1-10(18)7-11-8-12(16)9-14(17)15(11)19-13-5-3-2-4-6-13/h8-10,13H,2-7,18H2,1H3. The zero-order chi connectivity index (χ0) is 13.8. The van der Waals surface area contributed by atoms with Crippen molar-refractivity contribution in [2.24, 2.45) is 5.73 Å². The molecule has 1 fully saturated rings. The lowest BCUT2D eigenvalue weighted by molar-refractivity contribution is 0.153. The van der Waals surface area contributed by atoms with E-state index < -0.39 is 0 Å². The fourth-order valence-electron chi connectivity index (χ4n) is 2.59. The number of nitrogens with two attached hydrogens (primary N) is 1. The second-order valence-corrected chi connectivity index (χ2v) is 6.28. The molecule has 4 heteroatoms. The molecule has 1 saturated carbocycles. The predicted octanol–water partition coefficient (Wildman–Crippen LogP) is 4.59. The number of hydrogen-bond acceptors (Lipinski definition) is 2. The summed E-state index contributed by atoms with van der Waals surface area (Å²) >= 11 is 12.4. The maximum atomic E-state index is 6.29. The van der Waals surface area contributed by atoms with Crippen molar-refractivity contribution in [1.29, 1.82) is 0 Å². The van der Waals surface area contributed by atoms with Gasteiger partial charge in [-0.3, -0.25) is 0 Å². The van der Waals surface area contributed by atoms with Gasteiger partial charge >= 0.3 is 0 Å². The van der Waals surface area contributed by atoms with Gasteiger partial charge in [0.15, 0.2) is 0 Å². The van der Waals surface area contributed by atoms with Crippen molar-refractivity contribution in [2.45, 2.75) is 57.6 Å². The molecule has 1 aromatic rings. The zero-order valence-electron chi connectivity index (χ0n) is 11.3. The van der Waals surface area contributed by atoms with Crippen molar-refractivity contribution in [3.63, 3.8) is 0 Å². The van der Waals surface area contributed by atoms with Gasteiger partial charge in [-0.1, -0.05) is 29.6 Å². The first kappa shape index (κ1) is 15.0. The number of rotatable bonds is 4. The van der Waals surface area contributed by atoms with Gasteiger partial charge < -0.3 is 10.5 Å². The molecule has 0 radical (unpaired) electrons. The minimum Gasteiger partial charge on any atom is -0.489 e. The number of benzene rings is 1. The first-order valence-electron chi connectivity index (χ1n) is 6.96. The molecule has 0 saturated heterocycles. The van der Waals surface area contributed by atoms with E-state index in [4.69, 9.17) is 33.7 Å². The van der Waals surface area contributed by atoms with E-state index in [0.717, 1.165) is 30.6 Å². The van der Waals surface area contributed by atoms with Gasteiger partial charge in [-0.25, -0.2) is 0 Å². The molecule has 0 spiro atoms. The highest BCUT2D eigenvalue weighted by molar-refractivity contribution is 6.35. The highest BCUT2D eigenvalue weighted by Crippen LogP contribution is 2.35. The third-order valence-corrected chi connectivity index (χ3v) is 3.96. The van der Waals surface area contributed by atoms with Crippen LogP contribution >= 0.6 is 23.2 Å². The maximum absolute atomic E-state index is 6.29. The minimum atomic E-state index is 0.0586. The molecule has 106 valence electrons. The van der Waals surface area contributed by atoms with Crippen LogP contribution < -0.4 is 10.5 Å². The molecule has 0 aromatic heterocycles. The highest BCUT2D eigenvalue weighted by Gasteiger charge is 2.19. The van der Waals surface area contributed by atoms with E-state index in [2.05, 4.69) is 0 Å². The average molecular weight is 302 g/mol. The normalized spacial score (nSPS) is 18.3. The van der Waals surface area contributed by atoms with Crippen molar-refractivity contribution >= 4 is 23.2 Å². The summed E-state index contributed by atoms with van der Waals surface area (Å²) < 4.78 is 6.13. The molecule has 0 heterocycles. The Bertz CT molecular complexity index is 428. The van der Waals surface area contributed by atoms with Crippen LogP contribution in [0.15, 0.2) is 12.1 Å². The summed E-state index contributed by atoms with van der Waals surface area (Å²) in [7, 11) is 0. The van der Waals surface area contributed by atoms with Crippen LogP contribution in [0, 0.1) is 0 Å². The first-order chi connectivity index (χ1) is 9.06. The fraction of sp³-hybridized carbons (Fsp3) is 0.600. The second-order valence-electron chi connectivity index (χ2n) is 5.44. The molecule has 0 amide bonds. The molecular formula is C15H21Cl2NO. The van der Waals surface area contributed by atoms with Gasteiger partial charge in [0.1, 0.15) is 5.75 Å². The zero-order valence-corrected chi connectivity index (χ0v) is 12.8. The average Bonchev–Trinajstić information content (AvgIpc) is 2.34. The van der Waals surface area contributed by atoms with Crippen molar-refractivity contribution in [3.05, 3.63) is 27.7 Å². The van der Waals surface area contributed by atoms with Gasteiger partial charge in [0.25, 0.3) is 0 Å². The van der Waals surface area contributed by atoms with Crippen LogP contribution in [-0.4, -0.2) is 12.1 Å². The summed E-state index contributed by atoms with van der Waals surface area (Å²) in [6, 6.07) is 3.71. The molecule has 1 aromatic carbocycles. The Morgan fingerprint density at radius 1 is 1.26 bits per heavy atom. The monoisotopic (exact) mass is 301 g/mol. The summed E-state index contributed by atoms with van der Waals surface area (Å²) in [6.45, 7) is 1.97. The molecule has 0 bridgehead atoms. The Hall–Kier alpha value is -0.440. The van der Waals surface area contributed by atoms with E-state index in [0.29, 0.717) is 10.0 Å². The van der Waals surface area contributed by atoms with E-state index >= 15 is 0 Å². The number of halogens is 2. The van der Waals surface area contributed by atoms with Gasteiger partial charge in [-0.05, 0) is 56.7 Å². The van der Waals surface area contributed by atoms with Crippen LogP contribution in [0.5, 0.6) is 5.75 Å². The Balaban J connectivity index is 2.20. The SMILES string of the molecule is CC(N)Cc1cc(Cl)cc(Cl)c1OC1CCCCC1. The minimum absolute atomic E-state index is 0.0586. The van der Waals surface area contributed by atoms with Gasteiger partial charge in [-0.15, -0.1) is 0 Å². The number of ether oxygens (including phenoxy) is 1. The van der Waals surface area contributed by atoms with Crippen molar-refractivity contribution in [3.8, 4) is 5.75 Å². The van der Waals surface area contributed by atoms with Crippen LogP contribution in [-0.2, 0) is 6.42 Å².